The first-order valence-electron chi connectivity index (χ1n) is 4.83. The Morgan fingerprint density at radius 3 is 2.79 bits per heavy atom. The number of nitrogens with two attached hydrogens (primary N) is 1. The second-order valence-electron chi connectivity index (χ2n) is 3.33. The number of rotatable bonds is 4. The number of benzene rings is 1. The zero-order chi connectivity index (χ0) is 10.6. The summed E-state index contributed by atoms with van der Waals surface area (Å²) in [5.74, 6) is -0.0375. The molecule has 0 aliphatic carbocycles. The van der Waals surface area contributed by atoms with Crippen LogP contribution >= 0.6 is 0 Å². The molecule has 1 aromatic rings. The van der Waals surface area contributed by atoms with Crippen LogP contribution in [0.3, 0.4) is 0 Å². The fourth-order valence-electron chi connectivity index (χ4n) is 1.13. The van der Waals surface area contributed by atoms with Gasteiger partial charge in [0.05, 0.1) is 6.61 Å². The van der Waals surface area contributed by atoms with Crippen LogP contribution in [0.1, 0.15) is 31.9 Å². The zero-order valence-electron chi connectivity index (χ0n) is 8.59. The minimum absolute atomic E-state index is 0.0976. The quantitative estimate of drug-likeness (QED) is 0.805. The van der Waals surface area contributed by atoms with Crippen LogP contribution in [0, 0.1) is 5.82 Å². The molecule has 0 saturated carbocycles. The SMILES string of the molecule is CCCOc1cc(C(C)N)ccc1F. The Labute approximate surface area is 83.9 Å². The van der Waals surface area contributed by atoms with Crippen molar-refractivity contribution in [1.29, 1.82) is 0 Å². The van der Waals surface area contributed by atoms with Gasteiger partial charge in [-0.15, -0.1) is 0 Å². The fraction of sp³-hybridized carbons (Fsp3) is 0.455. The summed E-state index contributed by atoms with van der Waals surface area (Å²) in [4.78, 5) is 0. The van der Waals surface area contributed by atoms with E-state index in [1.165, 1.54) is 6.07 Å². The van der Waals surface area contributed by atoms with E-state index in [1.54, 1.807) is 12.1 Å². The van der Waals surface area contributed by atoms with Crippen molar-refractivity contribution in [2.75, 3.05) is 6.61 Å². The van der Waals surface area contributed by atoms with Crippen LogP contribution in [-0.4, -0.2) is 6.61 Å². The standard InChI is InChI=1S/C11H16FNO/c1-3-6-14-11-7-9(8(2)13)4-5-10(11)12/h4-5,7-8H,3,6,13H2,1-2H3. The molecule has 0 amide bonds. The minimum Gasteiger partial charge on any atom is -0.491 e. The molecule has 78 valence electrons. The normalized spacial score (nSPS) is 12.6. The first-order chi connectivity index (χ1) is 6.65. The van der Waals surface area contributed by atoms with Crippen molar-refractivity contribution in [3.05, 3.63) is 29.6 Å². The lowest BCUT2D eigenvalue weighted by Crippen LogP contribution is -2.06. The van der Waals surface area contributed by atoms with Gasteiger partial charge in [0.1, 0.15) is 0 Å². The van der Waals surface area contributed by atoms with Crippen molar-refractivity contribution in [3.63, 3.8) is 0 Å². The third kappa shape index (κ3) is 2.70. The molecule has 14 heavy (non-hydrogen) atoms. The molecule has 1 atom stereocenters. The average molecular weight is 197 g/mol. The van der Waals surface area contributed by atoms with Gasteiger partial charge in [0.15, 0.2) is 11.6 Å². The van der Waals surface area contributed by atoms with Crippen LogP contribution in [0.4, 0.5) is 4.39 Å². The summed E-state index contributed by atoms with van der Waals surface area (Å²) >= 11 is 0. The van der Waals surface area contributed by atoms with Gasteiger partial charge in [-0.1, -0.05) is 13.0 Å². The van der Waals surface area contributed by atoms with Gasteiger partial charge in [0, 0.05) is 6.04 Å². The molecule has 0 heterocycles. The predicted molar refractivity (Wildman–Crippen MR) is 54.8 cm³/mol. The Morgan fingerprint density at radius 1 is 1.50 bits per heavy atom. The van der Waals surface area contributed by atoms with Crippen LogP contribution in [0.15, 0.2) is 18.2 Å². The van der Waals surface area contributed by atoms with E-state index in [4.69, 9.17) is 10.5 Å². The summed E-state index contributed by atoms with van der Waals surface area (Å²) in [6, 6.07) is 4.64. The number of hydrogen-bond donors (Lipinski definition) is 1. The summed E-state index contributed by atoms with van der Waals surface area (Å²) < 4.78 is 18.4. The van der Waals surface area contributed by atoms with Crippen molar-refractivity contribution >= 4 is 0 Å². The molecule has 0 aliphatic heterocycles. The van der Waals surface area contributed by atoms with Gasteiger partial charge in [0.2, 0.25) is 0 Å². The summed E-state index contributed by atoms with van der Waals surface area (Å²) in [7, 11) is 0. The Morgan fingerprint density at radius 2 is 2.21 bits per heavy atom. The van der Waals surface area contributed by atoms with Crippen molar-refractivity contribution in [3.8, 4) is 5.75 Å². The maximum absolute atomic E-state index is 13.2. The molecule has 1 unspecified atom stereocenters. The number of hydrogen-bond acceptors (Lipinski definition) is 2. The third-order valence-corrected chi connectivity index (χ3v) is 1.94. The van der Waals surface area contributed by atoms with Crippen LogP contribution in [-0.2, 0) is 0 Å². The molecule has 3 heteroatoms. The lowest BCUT2D eigenvalue weighted by Gasteiger charge is -2.10. The summed E-state index contributed by atoms with van der Waals surface area (Å²) in [6.07, 6.45) is 0.863. The zero-order valence-corrected chi connectivity index (χ0v) is 8.59. The van der Waals surface area contributed by atoms with E-state index in [2.05, 4.69) is 0 Å². The highest BCUT2D eigenvalue weighted by Gasteiger charge is 2.06. The molecule has 2 nitrogen and oxygen atoms in total. The average Bonchev–Trinajstić information content (AvgIpc) is 2.16. The molecule has 2 N–H and O–H groups in total. The Hall–Kier alpha value is -1.09. The molecule has 0 fully saturated rings. The van der Waals surface area contributed by atoms with E-state index in [0.717, 1.165) is 12.0 Å². The Bertz CT molecular complexity index is 299. The van der Waals surface area contributed by atoms with E-state index in [9.17, 15) is 4.39 Å². The molecule has 1 aromatic carbocycles. The largest absolute Gasteiger partial charge is 0.491 e. The molecule has 0 spiro atoms. The van der Waals surface area contributed by atoms with E-state index < -0.39 is 0 Å². The second kappa shape index (κ2) is 4.96. The lowest BCUT2D eigenvalue weighted by atomic mass is 10.1. The van der Waals surface area contributed by atoms with Crippen molar-refractivity contribution in [1.82, 2.24) is 0 Å². The number of halogens is 1. The maximum atomic E-state index is 13.2. The van der Waals surface area contributed by atoms with Gasteiger partial charge < -0.3 is 10.5 Å². The van der Waals surface area contributed by atoms with Crippen LogP contribution < -0.4 is 10.5 Å². The van der Waals surface area contributed by atoms with Crippen molar-refractivity contribution in [2.24, 2.45) is 5.73 Å². The Balaban J connectivity index is 2.85. The summed E-state index contributed by atoms with van der Waals surface area (Å²) in [5.41, 5.74) is 6.57. The van der Waals surface area contributed by atoms with Gasteiger partial charge in [0.25, 0.3) is 0 Å². The molecule has 1 rings (SSSR count). The van der Waals surface area contributed by atoms with Crippen molar-refractivity contribution < 1.29 is 9.13 Å². The fourth-order valence-corrected chi connectivity index (χ4v) is 1.13. The van der Waals surface area contributed by atoms with Gasteiger partial charge in [-0.2, -0.15) is 0 Å². The van der Waals surface area contributed by atoms with E-state index in [1.807, 2.05) is 13.8 Å². The smallest absolute Gasteiger partial charge is 0.165 e. The molecule has 0 saturated heterocycles. The highest BCUT2D eigenvalue weighted by atomic mass is 19.1. The van der Waals surface area contributed by atoms with Crippen molar-refractivity contribution in [2.45, 2.75) is 26.3 Å². The highest BCUT2D eigenvalue weighted by Crippen LogP contribution is 2.21. The predicted octanol–water partition coefficient (Wildman–Crippen LogP) is 2.63. The van der Waals surface area contributed by atoms with Gasteiger partial charge in [-0.3, -0.25) is 0 Å². The minimum atomic E-state index is -0.331. The monoisotopic (exact) mass is 197 g/mol. The highest BCUT2D eigenvalue weighted by molar-refractivity contribution is 5.31. The van der Waals surface area contributed by atoms with Crippen LogP contribution in [0.5, 0.6) is 5.75 Å². The van der Waals surface area contributed by atoms with Gasteiger partial charge >= 0.3 is 0 Å². The maximum Gasteiger partial charge on any atom is 0.165 e. The summed E-state index contributed by atoms with van der Waals surface area (Å²) in [6.45, 7) is 4.36. The first-order valence-corrected chi connectivity index (χ1v) is 4.83. The van der Waals surface area contributed by atoms with Crippen LogP contribution in [0.25, 0.3) is 0 Å². The molecule has 0 bridgehead atoms. The molecule has 0 aliphatic rings. The molecular formula is C11H16FNO. The van der Waals surface area contributed by atoms with Gasteiger partial charge in [-0.25, -0.2) is 4.39 Å². The van der Waals surface area contributed by atoms with Gasteiger partial charge in [-0.05, 0) is 31.0 Å². The van der Waals surface area contributed by atoms with E-state index in [-0.39, 0.29) is 11.9 Å². The molecular weight excluding hydrogens is 181 g/mol. The van der Waals surface area contributed by atoms with E-state index >= 15 is 0 Å². The number of ether oxygens (including phenoxy) is 1. The van der Waals surface area contributed by atoms with Crippen LogP contribution in [0.2, 0.25) is 0 Å². The first kappa shape index (κ1) is 11.0. The molecule has 0 radical (unpaired) electrons. The summed E-state index contributed by atoms with van der Waals surface area (Å²) in [5, 5.41) is 0. The topological polar surface area (TPSA) is 35.2 Å². The third-order valence-electron chi connectivity index (χ3n) is 1.94. The Kier molecular flexibility index (Phi) is 3.89. The second-order valence-corrected chi connectivity index (χ2v) is 3.33. The lowest BCUT2D eigenvalue weighted by molar-refractivity contribution is 0.301. The molecule has 0 aromatic heterocycles. The van der Waals surface area contributed by atoms with E-state index in [0.29, 0.717) is 12.4 Å².